The molecule has 0 saturated carbocycles. The third-order valence-electron chi connectivity index (χ3n) is 3.01. The Balaban J connectivity index is 2.39. The van der Waals surface area contributed by atoms with Crippen LogP contribution >= 0.6 is 11.6 Å². The molecule has 2 rings (SSSR count). The molecule has 0 radical (unpaired) electrons. The quantitative estimate of drug-likeness (QED) is 0.367. The molecule has 0 unspecified atom stereocenters. The van der Waals surface area contributed by atoms with Crippen molar-refractivity contribution < 1.29 is 32.2 Å². The molecule has 0 aliphatic heterocycles. The largest absolute Gasteiger partial charge is 0.491 e. The predicted molar refractivity (Wildman–Crippen MR) is 92.4 cm³/mol. The third-order valence-corrected chi connectivity index (χ3v) is 3.28. The van der Waals surface area contributed by atoms with Gasteiger partial charge in [0.1, 0.15) is 10.8 Å². The normalized spacial score (nSPS) is 11.2. The van der Waals surface area contributed by atoms with Crippen LogP contribution in [0.1, 0.15) is 19.4 Å². The van der Waals surface area contributed by atoms with E-state index in [9.17, 15) is 18.0 Å². The van der Waals surface area contributed by atoms with E-state index in [1.807, 2.05) is 0 Å². The fourth-order valence-corrected chi connectivity index (χ4v) is 2.11. The number of aromatic nitrogens is 1. The van der Waals surface area contributed by atoms with Gasteiger partial charge in [-0.1, -0.05) is 18.2 Å². The molecule has 0 fully saturated rings. The zero-order chi connectivity index (χ0) is 20.2. The van der Waals surface area contributed by atoms with Crippen molar-refractivity contribution in [2.24, 2.45) is 0 Å². The minimum Gasteiger partial charge on any atom is -0.491 e. The molecule has 27 heavy (non-hydrogen) atoms. The first-order valence-corrected chi connectivity index (χ1v) is 8.03. The number of ether oxygens (including phenoxy) is 3. The van der Waals surface area contributed by atoms with Gasteiger partial charge in [0.25, 0.3) is 0 Å². The molecule has 0 spiro atoms. The minimum absolute atomic E-state index is 0.00577. The second kappa shape index (κ2) is 8.30. The summed E-state index contributed by atoms with van der Waals surface area (Å²) in [5.74, 6) is -0.668. The molecule has 1 aromatic heterocycles. The summed E-state index contributed by atoms with van der Waals surface area (Å²) in [7, 11) is 0. The highest BCUT2D eigenvalue weighted by Gasteiger charge is 2.32. The molecule has 144 valence electrons. The van der Waals surface area contributed by atoms with E-state index in [-0.39, 0.29) is 28.5 Å². The summed E-state index contributed by atoms with van der Waals surface area (Å²) < 4.78 is 54.2. The lowest BCUT2D eigenvalue weighted by molar-refractivity contribution is -0.137. The van der Waals surface area contributed by atoms with E-state index in [1.54, 1.807) is 19.9 Å². The van der Waals surface area contributed by atoms with Gasteiger partial charge in [0.15, 0.2) is 11.5 Å². The molecule has 0 amide bonds. The zero-order valence-electron chi connectivity index (χ0n) is 14.3. The van der Waals surface area contributed by atoms with Crippen LogP contribution in [0.3, 0.4) is 0 Å². The summed E-state index contributed by atoms with van der Waals surface area (Å²) in [5, 5.41) is -0.360. The zero-order valence-corrected chi connectivity index (χ0v) is 15.1. The molecule has 0 aliphatic rings. The second-order valence-electron chi connectivity index (χ2n) is 5.51. The topological polar surface area (TPSA) is 57.7 Å². The first kappa shape index (κ1) is 20.6. The molecular weight excluding hydrogens is 387 g/mol. The number of hydrogen-bond acceptors (Lipinski definition) is 5. The van der Waals surface area contributed by atoms with Crippen molar-refractivity contribution in [2.75, 3.05) is 0 Å². The van der Waals surface area contributed by atoms with E-state index >= 15 is 0 Å². The molecule has 2 aromatic rings. The number of nitrogens with zero attached hydrogens (tertiary/aromatic N) is 1. The fourth-order valence-electron chi connectivity index (χ4n) is 1.91. The van der Waals surface area contributed by atoms with E-state index in [0.29, 0.717) is 18.0 Å². The van der Waals surface area contributed by atoms with Crippen LogP contribution in [0.4, 0.5) is 13.2 Å². The van der Waals surface area contributed by atoms with Crippen LogP contribution < -0.4 is 14.2 Å². The summed E-state index contributed by atoms with van der Waals surface area (Å²) in [6.45, 7) is 6.91. The maximum absolute atomic E-state index is 12.7. The van der Waals surface area contributed by atoms with Gasteiger partial charge < -0.3 is 14.2 Å². The lowest BCUT2D eigenvalue weighted by Crippen LogP contribution is -2.08. The number of halogens is 4. The van der Waals surface area contributed by atoms with Gasteiger partial charge in [0, 0.05) is 18.3 Å². The van der Waals surface area contributed by atoms with Gasteiger partial charge in [0.05, 0.1) is 11.7 Å². The van der Waals surface area contributed by atoms with Crippen molar-refractivity contribution in [3.05, 3.63) is 53.7 Å². The SMILES string of the molecule is C=CC(=O)Oc1ccc(OC(C)C)cc1Oc1ncc(C(F)(F)F)cc1Cl. The summed E-state index contributed by atoms with van der Waals surface area (Å²) in [6.07, 6.45) is -3.20. The number of carbonyl (C=O) groups excluding carboxylic acids is 1. The molecule has 1 aromatic carbocycles. The molecule has 0 saturated heterocycles. The van der Waals surface area contributed by atoms with Gasteiger partial charge in [-0.25, -0.2) is 9.78 Å². The highest BCUT2D eigenvalue weighted by Crippen LogP contribution is 2.39. The molecule has 1 heterocycles. The summed E-state index contributed by atoms with van der Waals surface area (Å²) in [4.78, 5) is 15.1. The number of pyridine rings is 1. The molecule has 0 bridgehead atoms. The van der Waals surface area contributed by atoms with Gasteiger partial charge in [-0.15, -0.1) is 0 Å². The Morgan fingerprint density at radius 3 is 2.52 bits per heavy atom. The molecule has 0 atom stereocenters. The average molecular weight is 402 g/mol. The highest BCUT2D eigenvalue weighted by molar-refractivity contribution is 6.31. The first-order valence-electron chi connectivity index (χ1n) is 7.65. The first-order chi connectivity index (χ1) is 12.6. The molecule has 9 heteroatoms. The number of hydrogen-bond donors (Lipinski definition) is 0. The maximum Gasteiger partial charge on any atom is 0.417 e. The van der Waals surface area contributed by atoms with Crippen molar-refractivity contribution in [1.82, 2.24) is 4.98 Å². The van der Waals surface area contributed by atoms with Gasteiger partial charge in [-0.05, 0) is 32.0 Å². The van der Waals surface area contributed by atoms with Crippen LogP contribution in [-0.2, 0) is 11.0 Å². The Hall–Kier alpha value is -2.74. The van der Waals surface area contributed by atoms with Crippen LogP contribution in [0.15, 0.2) is 43.1 Å². The Morgan fingerprint density at radius 2 is 1.96 bits per heavy atom. The van der Waals surface area contributed by atoms with Crippen LogP contribution in [0.25, 0.3) is 0 Å². The molecule has 5 nitrogen and oxygen atoms in total. The van der Waals surface area contributed by atoms with Gasteiger partial charge >= 0.3 is 12.1 Å². The second-order valence-corrected chi connectivity index (χ2v) is 5.92. The van der Waals surface area contributed by atoms with E-state index in [0.717, 1.165) is 6.08 Å². The lowest BCUT2D eigenvalue weighted by Gasteiger charge is -2.15. The smallest absolute Gasteiger partial charge is 0.417 e. The number of rotatable bonds is 6. The predicted octanol–water partition coefficient (Wildman–Crippen LogP) is 5.42. The molecule has 0 aliphatic carbocycles. The Morgan fingerprint density at radius 1 is 1.26 bits per heavy atom. The van der Waals surface area contributed by atoms with Gasteiger partial charge in [-0.2, -0.15) is 13.2 Å². The summed E-state index contributed by atoms with van der Waals surface area (Å²) in [6, 6.07) is 5.04. The van der Waals surface area contributed by atoms with E-state index in [1.165, 1.54) is 12.1 Å². The van der Waals surface area contributed by atoms with Crippen LogP contribution in [0.5, 0.6) is 23.1 Å². The van der Waals surface area contributed by atoms with Gasteiger partial charge in [-0.3, -0.25) is 0 Å². The molecular formula is C18H15ClF3NO4. The van der Waals surface area contributed by atoms with Crippen molar-refractivity contribution in [2.45, 2.75) is 26.1 Å². The van der Waals surface area contributed by atoms with Crippen molar-refractivity contribution in [3.8, 4) is 23.1 Å². The monoisotopic (exact) mass is 401 g/mol. The van der Waals surface area contributed by atoms with Crippen LogP contribution in [0, 0.1) is 0 Å². The number of benzene rings is 1. The van der Waals surface area contributed by atoms with Gasteiger partial charge in [0.2, 0.25) is 5.88 Å². The van der Waals surface area contributed by atoms with Crippen molar-refractivity contribution in [1.29, 1.82) is 0 Å². The fraction of sp³-hybridized carbons (Fsp3) is 0.222. The summed E-state index contributed by atoms with van der Waals surface area (Å²) >= 11 is 5.85. The van der Waals surface area contributed by atoms with Crippen molar-refractivity contribution in [3.63, 3.8) is 0 Å². The Bertz CT molecular complexity index is 853. The number of esters is 1. The Labute approximate surface area is 158 Å². The molecule has 0 N–H and O–H groups in total. The van der Waals surface area contributed by atoms with E-state index in [2.05, 4.69) is 11.6 Å². The summed E-state index contributed by atoms with van der Waals surface area (Å²) in [5.41, 5.74) is -1.02. The highest BCUT2D eigenvalue weighted by atomic mass is 35.5. The number of carbonyl (C=O) groups is 1. The average Bonchev–Trinajstić information content (AvgIpc) is 2.57. The van der Waals surface area contributed by atoms with Crippen LogP contribution in [-0.4, -0.2) is 17.1 Å². The third kappa shape index (κ3) is 5.62. The lowest BCUT2D eigenvalue weighted by atomic mass is 10.2. The standard InChI is InChI=1S/C18H15ClF3NO4/c1-4-16(24)26-14-6-5-12(25-10(2)3)8-15(14)27-17-13(19)7-11(9-23-17)18(20,21)22/h4-10H,1H2,2-3H3. The number of alkyl halides is 3. The maximum atomic E-state index is 12.7. The van der Waals surface area contributed by atoms with E-state index < -0.39 is 17.7 Å². The Kier molecular flexibility index (Phi) is 6.32. The van der Waals surface area contributed by atoms with Crippen molar-refractivity contribution >= 4 is 17.6 Å². The minimum atomic E-state index is -4.59. The van der Waals surface area contributed by atoms with Crippen LogP contribution in [0.2, 0.25) is 5.02 Å². The van der Waals surface area contributed by atoms with E-state index in [4.69, 9.17) is 25.8 Å².